The summed E-state index contributed by atoms with van der Waals surface area (Å²) in [4.78, 5) is 0. The standard InChI is InChI=1S/C7H13F.C7H14O/c2*1-6-4-3-5-7(6,2)8/h6H,3-5H2,1-2H3;6,8H,3-5H2,1-2H3. The normalized spacial score (nSPS) is 47.6. The van der Waals surface area contributed by atoms with E-state index in [1.54, 1.807) is 6.92 Å². The first-order chi connectivity index (χ1) is 7.26. The van der Waals surface area contributed by atoms with Gasteiger partial charge in [0.1, 0.15) is 5.67 Å². The smallest absolute Gasteiger partial charge is 0.110 e. The topological polar surface area (TPSA) is 20.2 Å². The second-order valence-corrected chi connectivity index (χ2v) is 6.22. The van der Waals surface area contributed by atoms with E-state index in [-0.39, 0.29) is 5.60 Å². The first kappa shape index (κ1) is 14.0. The van der Waals surface area contributed by atoms with Crippen molar-refractivity contribution in [3.8, 4) is 0 Å². The highest BCUT2D eigenvalue weighted by Gasteiger charge is 2.35. The summed E-state index contributed by atoms with van der Waals surface area (Å²) in [7, 11) is 0. The van der Waals surface area contributed by atoms with Crippen molar-refractivity contribution in [1.82, 2.24) is 0 Å². The Hall–Kier alpha value is -0.110. The number of alkyl halides is 1. The molecule has 0 aromatic heterocycles. The second-order valence-electron chi connectivity index (χ2n) is 6.22. The third kappa shape index (κ3) is 3.44. The lowest BCUT2D eigenvalue weighted by molar-refractivity contribution is 0.0284. The summed E-state index contributed by atoms with van der Waals surface area (Å²) >= 11 is 0. The van der Waals surface area contributed by atoms with Crippen LogP contribution in [0, 0.1) is 11.8 Å². The summed E-state index contributed by atoms with van der Waals surface area (Å²) in [5.74, 6) is 0.810. The zero-order valence-corrected chi connectivity index (χ0v) is 11.2. The van der Waals surface area contributed by atoms with Gasteiger partial charge < -0.3 is 5.11 Å². The Balaban J connectivity index is 0.000000160. The molecular formula is C14H27FO. The van der Waals surface area contributed by atoms with Gasteiger partial charge in [-0.1, -0.05) is 20.3 Å². The zero-order chi connectivity index (χ0) is 12.4. The molecule has 0 aromatic carbocycles. The number of rotatable bonds is 0. The third-order valence-corrected chi connectivity index (χ3v) is 4.71. The Morgan fingerprint density at radius 1 is 1.00 bits per heavy atom. The number of hydrogen-bond donors (Lipinski definition) is 1. The first-order valence-corrected chi connectivity index (χ1v) is 6.67. The number of halogens is 1. The van der Waals surface area contributed by atoms with E-state index in [1.807, 2.05) is 13.8 Å². The molecule has 4 atom stereocenters. The highest BCUT2D eigenvalue weighted by atomic mass is 19.1. The largest absolute Gasteiger partial charge is 0.390 e. The van der Waals surface area contributed by atoms with E-state index in [4.69, 9.17) is 0 Å². The van der Waals surface area contributed by atoms with Crippen LogP contribution in [0.2, 0.25) is 0 Å². The maximum atomic E-state index is 13.0. The molecule has 2 heteroatoms. The predicted octanol–water partition coefficient (Wildman–Crippen LogP) is 4.09. The summed E-state index contributed by atoms with van der Waals surface area (Å²) in [6.07, 6.45) is 6.32. The molecule has 1 N–H and O–H groups in total. The van der Waals surface area contributed by atoms with Crippen molar-refractivity contribution in [1.29, 1.82) is 0 Å². The van der Waals surface area contributed by atoms with E-state index >= 15 is 0 Å². The van der Waals surface area contributed by atoms with Crippen LogP contribution in [0.4, 0.5) is 4.39 Å². The van der Waals surface area contributed by atoms with Gasteiger partial charge in [0.25, 0.3) is 0 Å². The summed E-state index contributed by atoms with van der Waals surface area (Å²) in [5.41, 5.74) is -1.19. The van der Waals surface area contributed by atoms with Crippen LogP contribution in [0.1, 0.15) is 66.2 Å². The molecule has 0 heterocycles. The molecule has 2 rings (SSSR count). The van der Waals surface area contributed by atoms with Gasteiger partial charge in [0, 0.05) is 0 Å². The predicted molar refractivity (Wildman–Crippen MR) is 66.2 cm³/mol. The molecule has 0 aromatic rings. The van der Waals surface area contributed by atoms with Gasteiger partial charge in [-0.15, -0.1) is 0 Å². The molecule has 0 radical (unpaired) electrons. The van der Waals surface area contributed by atoms with E-state index < -0.39 is 5.67 Å². The third-order valence-electron chi connectivity index (χ3n) is 4.71. The molecule has 2 saturated carbocycles. The molecule has 4 unspecified atom stereocenters. The fourth-order valence-corrected chi connectivity index (χ4v) is 2.62. The van der Waals surface area contributed by atoms with Gasteiger partial charge in [-0.25, -0.2) is 4.39 Å². The van der Waals surface area contributed by atoms with Crippen LogP contribution in [-0.4, -0.2) is 16.4 Å². The SMILES string of the molecule is CC1CCCC1(C)F.CC1CCCC1(C)O. The Labute approximate surface area is 99.4 Å². The maximum Gasteiger partial charge on any atom is 0.110 e. The molecule has 96 valence electrons. The van der Waals surface area contributed by atoms with E-state index in [1.165, 1.54) is 12.8 Å². The van der Waals surface area contributed by atoms with E-state index in [0.29, 0.717) is 11.8 Å². The summed E-state index contributed by atoms with van der Waals surface area (Å²) in [6, 6.07) is 0. The van der Waals surface area contributed by atoms with Gasteiger partial charge in [0.2, 0.25) is 0 Å². The highest BCUT2D eigenvalue weighted by molar-refractivity contribution is 4.86. The molecule has 0 saturated heterocycles. The number of hydrogen-bond acceptors (Lipinski definition) is 1. The van der Waals surface area contributed by atoms with Crippen molar-refractivity contribution in [2.75, 3.05) is 0 Å². The molecule has 2 aliphatic rings. The van der Waals surface area contributed by atoms with Crippen LogP contribution in [0.5, 0.6) is 0 Å². The molecule has 0 bridgehead atoms. The summed E-state index contributed by atoms with van der Waals surface area (Å²) in [5, 5.41) is 9.46. The molecule has 2 aliphatic carbocycles. The van der Waals surface area contributed by atoms with Crippen LogP contribution in [0.3, 0.4) is 0 Å². The minimum absolute atomic E-state index is 0.294. The van der Waals surface area contributed by atoms with Crippen molar-refractivity contribution in [2.45, 2.75) is 77.5 Å². The quantitative estimate of drug-likeness (QED) is 0.664. The van der Waals surface area contributed by atoms with E-state index in [2.05, 4.69) is 6.92 Å². The summed E-state index contributed by atoms with van der Waals surface area (Å²) in [6.45, 7) is 7.76. The van der Waals surface area contributed by atoms with Gasteiger partial charge in [0.15, 0.2) is 0 Å². The molecule has 16 heavy (non-hydrogen) atoms. The van der Waals surface area contributed by atoms with Crippen molar-refractivity contribution in [3.05, 3.63) is 0 Å². The van der Waals surface area contributed by atoms with E-state index in [9.17, 15) is 9.50 Å². The monoisotopic (exact) mass is 230 g/mol. The van der Waals surface area contributed by atoms with Crippen LogP contribution >= 0.6 is 0 Å². The number of aliphatic hydroxyl groups is 1. The van der Waals surface area contributed by atoms with Crippen molar-refractivity contribution in [3.63, 3.8) is 0 Å². The second kappa shape index (κ2) is 5.03. The summed E-state index contributed by atoms with van der Waals surface area (Å²) < 4.78 is 13.0. The molecule has 0 aliphatic heterocycles. The first-order valence-electron chi connectivity index (χ1n) is 6.67. The Morgan fingerprint density at radius 2 is 1.50 bits per heavy atom. The van der Waals surface area contributed by atoms with Crippen LogP contribution < -0.4 is 0 Å². The average Bonchev–Trinajstić information content (AvgIpc) is 2.60. The zero-order valence-electron chi connectivity index (χ0n) is 11.2. The van der Waals surface area contributed by atoms with Gasteiger partial charge in [-0.2, -0.15) is 0 Å². The molecule has 1 nitrogen and oxygen atoms in total. The van der Waals surface area contributed by atoms with Crippen molar-refractivity contribution in [2.24, 2.45) is 11.8 Å². The Kier molecular flexibility index (Phi) is 4.39. The molecule has 0 spiro atoms. The van der Waals surface area contributed by atoms with Gasteiger partial charge in [0.05, 0.1) is 5.60 Å². The average molecular weight is 230 g/mol. The van der Waals surface area contributed by atoms with Crippen molar-refractivity contribution < 1.29 is 9.50 Å². The van der Waals surface area contributed by atoms with Crippen LogP contribution in [0.25, 0.3) is 0 Å². The lowest BCUT2D eigenvalue weighted by atomic mass is 9.95. The fraction of sp³-hybridized carbons (Fsp3) is 1.00. The van der Waals surface area contributed by atoms with Gasteiger partial charge >= 0.3 is 0 Å². The maximum absolute atomic E-state index is 13.0. The lowest BCUT2D eigenvalue weighted by Gasteiger charge is -2.20. The minimum atomic E-state index is -0.847. The van der Waals surface area contributed by atoms with E-state index in [0.717, 1.165) is 25.7 Å². The van der Waals surface area contributed by atoms with Gasteiger partial charge in [-0.05, 0) is 57.8 Å². The van der Waals surface area contributed by atoms with Crippen LogP contribution in [-0.2, 0) is 0 Å². The molecule has 2 fully saturated rings. The Morgan fingerprint density at radius 3 is 1.62 bits per heavy atom. The minimum Gasteiger partial charge on any atom is -0.390 e. The van der Waals surface area contributed by atoms with Crippen molar-refractivity contribution >= 4 is 0 Å². The lowest BCUT2D eigenvalue weighted by Crippen LogP contribution is -2.26. The highest BCUT2D eigenvalue weighted by Crippen LogP contribution is 2.37. The van der Waals surface area contributed by atoms with Gasteiger partial charge in [-0.3, -0.25) is 0 Å². The molecule has 0 amide bonds. The molecular weight excluding hydrogens is 203 g/mol. The van der Waals surface area contributed by atoms with Crippen LogP contribution in [0.15, 0.2) is 0 Å². The fourth-order valence-electron chi connectivity index (χ4n) is 2.62. The Bertz CT molecular complexity index is 199.